The fourth-order valence-electron chi connectivity index (χ4n) is 1.39. The van der Waals surface area contributed by atoms with E-state index in [1.807, 2.05) is 0 Å². The fourth-order valence-corrected chi connectivity index (χ4v) is 3.45. The molecule has 0 aliphatic carbocycles. The Morgan fingerprint density at radius 1 is 1.45 bits per heavy atom. The second-order valence-electron chi connectivity index (χ2n) is 3.89. The average Bonchev–Trinajstić information content (AvgIpc) is 2.76. The molecule has 0 atom stereocenters. The molecule has 0 aliphatic rings. The molecule has 1 heterocycles. The smallest absolute Gasteiger partial charge is 0.266 e. The molecule has 9 heteroatoms. The van der Waals surface area contributed by atoms with Crippen molar-refractivity contribution in [1.29, 1.82) is 0 Å². The van der Waals surface area contributed by atoms with Crippen LogP contribution in [0.15, 0.2) is 28.5 Å². The molecule has 0 radical (unpaired) electrons. The number of carbonyl (C=O) groups excluding carboxylic acids is 1. The van der Waals surface area contributed by atoms with Gasteiger partial charge >= 0.3 is 0 Å². The number of Topliss-reactive ketones (excluding diaryl/α,β-unsaturated/α-hetero) is 1. The quantitative estimate of drug-likeness (QED) is 0.662. The van der Waals surface area contributed by atoms with E-state index in [-0.39, 0.29) is 22.3 Å². The topological polar surface area (TPSA) is 102 Å². The number of benzene rings is 1. The number of rotatable bonds is 4. The second-order valence-corrected chi connectivity index (χ2v) is 6.40. The number of halogens is 1. The van der Waals surface area contributed by atoms with Gasteiger partial charge in [0.2, 0.25) is 0 Å². The van der Waals surface area contributed by atoms with Crippen LogP contribution in [-0.2, 0) is 10.0 Å². The van der Waals surface area contributed by atoms with Crippen LogP contribution in [0.2, 0.25) is 0 Å². The van der Waals surface area contributed by atoms with E-state index in [4.69, 9.17) is 5.73 Å². The number of nitrogens with zero attached hydrogens (tertiary/aromatic N) is 1. The molecule has 0 spiro atoms. The third-order valence-corrected chi connectivity index (χ3v) is 4.59. The summed E-state index contributed by atoms with van der Waals surface area (Å²) in [4.78, 5) is 14.3. The lowest BCUT2D eigenvalue weighted by Crippen LogP contribution is -2.14. The first-order valence-corrected chi connectivity index (χ1v) is 7.70. The van der Waals surface area contributed by atoms with Crippen molar-refractivity contribution in [3.8, 4) is 0 Å². The highest BCUT2D eigenvalue weighted by Gasteiger charge is 2.21. The van der Waals surface area contributed by atoms with E-state index in [9.17, 15) is 17.6 Å². The van der Waals surface area contributed by atoms with E-state index in [0.29, 0.717) is 0 Å². The molecule has 2 aromatic rings. The highest BCUT2D eigenvalue weighted by Crippen LogP contribution is 2.23. The van der Waals surface area contributed by atoms with Gasteiger partial charge in [-0.2, -0.15) is 0 Å². The van der Waals surface area contributed by atoms with Gasteiger partial charge in [-0.1, -0.05) is 0 Å². The Kier molecular flexibility index (Phi) is 3.73. The Morgan fingerprint density at radius 3 is 2.70 bits per heavy atom. The number of nitrogen functional groups attached to an aromatic ring is 1. The Labute approximate surface area is 118 Å². The summed E-state index contributed by atoms with van der Waals surface area (Å²) in [6, 6.07) is 3.25. The first-order valence-electron chi connectivity index (χ1n) is 5.34. The van der Waals surface area contributed by atoms with Crippen LogP contribution in [0.4, 0.5) is 15.2 Å². The monoisotopic (exact) mass is 315 g/mol. The number of nitrogens with one attached hydrogen (secondary N) is 1. The standard InChI is InChI=1S/C11H10FN3O3S2/c1-6(16)9-5-19-11(14-9)15-20(17,18)10-3-2-7(13)4-8(10)12/h2-5H,13H2,1H3,(H,14,15). The minimum Gasteiger partial charge on any atom is -0.399 e. The maximum atomic E-state index is 13.6. The lowest BCUT2D eigenvalue weighted by molar-refractivity contribution is 0.101. The van der Waals surface area contributed by atoms with Crippen molar-refractivity contribution in [1.82, 2.24) is 4.98 Å². The van der Waals surface area contributed by atoms with Gasteiger partial charge in [-0.3, -0.25) is 9.52 Å². The first-order chi connectivity index (χ1) is 9.29. The molecule has 20 heavy (non-hydrogen) atoms. The molecular formula is C11H10FN3O3S2. The molecule has 0 saturated carbocycles. The van der Waals surface area contributed by atoms with Crippen LogP contribution in [0.1, 0.15) is 17.4 Å². The van der Waals surface area contributed by atoms with Crippen LogP contribution in [-0.4, -0.2) is 19.2 Å². The maximum Gasteiger partial charge on any atom is 0.266 e. The Morgan fingerprint density at radius 2 is 2.15 bits per heavy atom. The van der Waals surface area contributed by atoms with E-state index in [1.54, 1.807) is 0 Å². The maximum absolute atomic E-state index is 13.6. The summed E-state index contributed by atoms with van der Waals surface area (Å²) < 4.78 is 39.7. The van der Waals surface area contributed by atoms with E-state index in [1.165, 1.54) is 18.4 Å². The van der Waals surface area contributed by atoms with Crippen LogP contribution in [0, 0.1) is 5.82 Å². The van der Waals surface area contributed by atoms with E-state index >= 15 is 0 Å². The van der Waals surface area contributed by atoms with Gasteiger partial charge < -0.3 is 5.73 Å². The number of aromatic nitrogens is 1. The van der Waals surface area contributed by atoms with Crippen molar-refractivity contribution in [2.45, 2.75) is 11.8 Å². The fraction of sp³-hybridized carbons (Fsp3) is 0.0909. The number of hydrogen-bond donors (Lipinski definition) is 2. The molecule has 0 fully saturated rings. The van der Waals surface area contributed by atoms with Crippen LogP contribution in [0.3, 0.4) is 0 Å². The Hall–Kier alpha value is -2.00. The van der Waals surface area contributed by atoms with Crippen molar-refractivity contribution >= 4 is 38.0 Å². The molecule has 106 valence electrons. The molecule has 2 rings (SSSR count). The summed E-state index contributed by atoms with van der Waals surface area (Å²) in [5.74, 6) is -1.24. The van der Waals surface area contributed by atoms with E-state index in [0.717, 1.165) is 23.5 Å². The molecule has 1 aromatic carbocycles. The number of anilines is 2. The van der Waals surface area contributed by atoms with Crippen molar-refractivity contribution in [2.75, 3.05) is 10.5 Å². The van der Waals surface area contributed by atoms with Crippen molar-refractivity contribution in [2.24, 2.45) is 0 Å². The first kappa shape index (κ1) is 14.4. The Bertz CT molecular complexity index is 771. The predicted octanol–water partition coefficient (Wildman–Crippen LogP) is 1.87. The lowest BCUT2D eigenvalue weighted by Gasteiger charge is -2.06. The summed E-state index contributed by atoms with van der Waals surface area (Å²) in [5, 5.41) is 1.41. The predicted molar refractivity (Wildman–Crippen MR) is 73.7 cm³/mol. The third-order valence-electron chi connectivity index (χ3n) is 2.33. The van der Waals surface area contributed by atoms with Crippen LogP contribution >= 0.6 is 11.3 Å². The average molecular weight is 315 g/mol. The van der Waals surface area contributed by atoms with Gasteiger partial charge in [0.15, 0.2) is 10.9 Å². The van der Waals surface area contributed by atoms with Gasteiger partial charge in [0, 0.05) is 18.0 Å². The molecule has 0 unspecified atom stereocenters. The normalized spacial score (nSPS) is 11.3. The van der Waals surface area contributed by atoms with Crippen molar-refractivity contribution in [3.05, 3.63) is 35.1 Å². The zero-order valence-corrected chi connectivity index (χ0v) is 11.9. The zero-order chi connectivity index (χ0) is 14.9. The Balaban J connectivity index is 2.33. The van der Waals surface area contributed by atoms with Crippen molar-refractivity contribution < 1.29 is 17.6 Å². The van der Waals surface area contributed by atoms with Crippen molar-refractivity contribution in [3.63, 3.8) is 0 Å². The number of ketones is 1. The molecule has 0 bridgehead atoms. The van der Waals surface area contributed by atoms with Gasteiger partial charge in [-0.15, -0.1) is 11.3 Å². The molecule has 1 aromatic heterocycles. The summed E-state index contributed by atoms with van der Waals surface area (Å²) in [7, 11) is -4.12. The second kappa shape index (κ2) is 5.17. The number of sulfonamides is 1. The summed E-state index contributed by atoms with van der Waals surface area (Å²) >= 11 is 0.939. The van der Waals surface area contributed by atoms with Gasteiger partial charge in [0.25, 0.3) is 10.0 Å². The molecule has 0 saturated heterocycles. The number of carbonyl (C=O) groups is 1. The van der Waals surface area contributed by atoms with E-state index in [2.05, 4.69) is 9.71 Å². The van der Waals surface area contributed by atoms with Gasteiger partial charge in [0.1, 0.15) is 16.4 Å². The highest BCUT2D eigenvalue weighted by molar-refractivity contribution is 7.93. The van der Waals surface area contributed by atoms with Gasteiger partial charge in [0.05, 0.1) is 0 Å². The van der Waals surface area contributed by atoms with Crippen LogP contribution < -0.4 is 10.5 Å². The molecule has 0 amide bonds. The van der Waals surface area contributed by atoms with Gasteiger partial charge in [-0.25, -0.2) is 17.8 Å². The number of thiazole rings is 1. The molecular weight excluding hydrogens is 305 g/mol. The molecule has 3 N–H and O–H groups in total. The minimum atomic E-state index is -4.12. The molecule has 6 nitrogen and oxygen atoms in total. The highest BCUT2D eigenvalue weighted by atomic mass is 32.2. The van der Waals surface area contributed by atoms with Gasteiger partial charge in [-0.05, 0) is 18.2 Å². The van der Waals surface area contributed by atoms with E-state index < -0.39 is 20.7 Å². The number of hydrogen-bond acceptors (Lipinski definition) is 6. The zero-order valence-electron chi connectivity index (χ0n) is 10.3. The SMILES string of the molecule is CC(=O)c1csc(NS(=O)(=O)c2ccc(N)cc2F)n1. The summed E-state index contributed by atoms with van der Waals surface area (Å²) in [6.07, 6.45) is 0. The summed E-state index contributed by atoms with van der Waals surface area (Å²) in [5.41, 5.74) is 5.62. The summed E-state index contributed by atoms with van der Waals surface area (Å²) in [6.45, 7) is 1.31. The lowest BCUT2D eigenvalue weighted by atomic mass is 10.3. The molecule has 0 aliphatic heterocycles. The van der Waals surface area contributed by atoms with Crippen LogP contribution in [0.25, 0.3) is 0 Å². The minimum absolute atomic E-state index is 0.00794. The number of nitrogens with two attached hydrogens (primary N) is 1. The third kappa shape index (κ3) is 2.94. The van der Waals surface area contributed by atoms with Crippen LogP contribution in [0.5, 0.6) is 0 Å². The largest absolute Gasteiger partial charge is 0.399 e.